The highest BCUT2D eigenvalue weighted by atomic mass is 15.0. The second kappa shape index (κ2) is 12.9. The Balaban J connectivity index is 1.08. The van der Waals surface area contributed by atoms with Crippen molar-refractivity contribution in [2.24, 2.45) is 0 Å². The van der Waals surface area contributed by atoms with Crippen molar-refractivity contribution in [3.8, 4) is 39.1 Å². The molecule has 262 valence electrons. The van der Waals surface area contributed by atoms with Crippen LogP contribution in [-0.2, 0) is 6.42 Å². The lowest BCUT2D eigenvalue weighted by atomic mass is 9.67. The fourth-order valence-electron chi connectivity index (χ4n) is 10.2. The van der Waals surface area contributed by atoms with Crippen molar-refractivity contribution in [1.29, 1.82) is 0 Å². The molecule has 1 heteroatoms. The van der Waals surface area contributed by atoms with E-state index < -0.39 is 0 Å². The van der Waals surface area contributed by atoms with Crippen LogP contribution < -0.4 is 0 Å². The first-order chi connectivity index (χ1) is 27.2. The van der Waals surface area contributed by atoms with Gasteiger partial charge in [0.05, 0.1) is 11.0 Å². The predicted octanol–water partition coefficient (Wildman–Crippen LogP) is 14.1. The summed E-state index contributed by atoms with van der Waals surface area (Å²) in [6, 6.07) is 70.3. The molecule has 2 aliphatic carbocycles. The molecule has 0 amide bonds. The molecule has 55 heavy (non-hydrogen) atoms. The SMILES string of the molecule is C[C@@H]1c2ccccc2-c2c(ccc3c2C(CCc2cccc(-c4ccccc4)c2)c2ccccc2-3)C1c1ccc2c3ccccc3n(-c3ccccc3)c2c1. The van der Waals surface area contributed by atoms with Crippen LogP contribution in [0.15, 0.2) is 188 Å². The Hall–Kier alpha value is -6.44. The standard InChI is InChI=1S/C54H41N/c1-35-41-21-8-11-25-46(41)54-49(52(35)39-28-30-45-44-24-12-13-26-50(44)55(51(45)34-39)40-19-6-3-7-20-40)32-31-48-43-23-10-9-22-42(43)47(53(48)54)29-27-36-15-14-18-38(33-36)37-16-4-2-5-17-37/h2-26,28,30-35,47,52H,27,29H2,1H3/t35-,47?,52?/m1/s1. The van der Waals surface area contributed by atoms with E-state index in [1.54, 1.807) is 0 Å². The van der Waals surface area contributed by atoms with E-state index in [1.807, 2.05) is 0 Å². The van der Waals surface area contributed by atoms with Gasteiger partial charge in [0.15, 0.2) is 0 Å². The molecule has 9 aromatic rings. The fourth-order valence-corrected chi connectivity index (χ4v) is 10.2. The Morgan fingerprint density at radius 2 is 1.16 bits per heavy atom. The van der Waals surface area contributed by atoms with Crippen molar-refractivity contribution in [3.63, 3.8) is 0 Å². The van der Waals surface area contributed by atoms with Gasteiger partial charge in [0.2, 0.25) is 0 Å². The molecular weight excluding hydrogens is 663 g/mol. The average molecular weight is 704 g/mol. The van der Waals surface area contributed by atoms with Gasteiger partial charge in [-0.05, 0) is 110 Å². The maximum atomic E-state index is 2.50. The summed E-state index contributed by atoms with van der Waals surface area (Å²) in [6.45, 7) is 2.45. The van der Waals surface area contributed by atoms with E-state index in [4.69, 9.17) is 0 Å². The van der Waals surface area contributed by atoms with Gasteiger partial charge in [-0.1, -0.05) is 171 Å². The highest BCUT2D eigenvalue weighted by molar-refractivity contribution is 6.09. The number of para-hydroxylation sites is 2. The van der Waals surface area contributed by atoms with Gasteiger partial charge in [0, 0.05) is 28.3 Å². The van der Waals surface area contributed by atoms with Crippen LogP contribution in [0.25, 0.3) is 60.9 Å². The van der Waals surface area contributed by atoms with Gasteiger partial charge in [-0.15, -0.1) is 0 Å². The molecule has 1 nitrogen and oxygen atoms in total. The van der Waals surface area contributed by atoms with Crippen molar-refractivity contribution < 1.29 is 0 Å². The average Bonchev–Trinajstić information content (AvgIpc) is 3.76. The third-order valence-electron chi connectivity index (χ3n) is 12.6. The van der Waals surface area contributed by atoms with Crippen LogP contribution in [0.3, 0.4) is 0 Å². The Morgan fingerprint density at radius 1 is 0.473 bits per heavy atom. The van der Waals surface area contributed by atoms with Crippen molar-refractivity contribution in [1.82, 2.24) is 4.57 Å². The van der Waals surface area contributed by atoms with Crippen LogP contribution in [0.2, 0.25) is 0 Å². The van der Waals surface area contributed by atoms with Gasteiger partial charge in [-0.25, -0.2) is 0 Å². The Labute approximate surface area is 323 Å². The van der Waals surface area contributed by atoms with Gasteiger partial charge < -0.3 is 4.57 Å². The number of hydrogen-bond donors (Lipinski definition) is 0. The normalized spacial score (nSPS) is 16.8. The molecule has 0 saturated carbocycles. The van der Waals surface area contributed by atoms with Gasteiger partial charge >= 0.3 is 0 Å². The number of fused-ring (bicyclic) bond motifs is 10. The number of benzene rings is 8. The molecule has 0 spiro atoms. The van der Waals surface area contributed by atoms with Crippen molar-refractivity contribution in [3.05, 3.63) is 221 Å². The minimum atomic E-state index is 0.216. The molecule has 0 N–H and O–H groups in total. The van der Waals surface area contributed by atoms with E-state index in [0.717, 1.165) is 12.8 Å². The van der Waals surface area contributed by atoms with Crippen LogP contribution in [0.5, 0.6) is 0 Å². The van der Waals surface area contributed by atoms with E-state index in [0.29, 0.717) is 11.8 Å². The minimum Gasteiger partial charge on any atom is -0.309 e. The molecule has 2 aliphatic rings. The van der Waals surface area contributed by atoms with E-state index in [2.05, 4.69) is 200 Å². The van der Waals surface area contributed by atoms with Gasteiger partial charge in [-0.2, -0.15) is 0 Å². The second-order valence-corrected chi connectivity index (χ2v) is 15.6. The van der Waals surface area contributed by atoms with Crippen molar-refractivity contribution in [2.75, 3.05) is 0 Å². The highest BCUT2D eigenvalue weighted by Crippen LogP contribution is 2.58. The topological polar surface area (TPSA) is 4.93 Å². The Kier molecular flexibility index (Phi) is 7.49. The molecule has 0 aliphatic heterocycles. The number of aryl methyl sites for hydroxylation is 1. The third kappa shape index (κ3) is 5.07. The first-order valence-electron chi connectivity index (χ1n) is 19.8. The van der Waals surface area contributed by atoms with Crippen LogP contribution in [0.4, 0.5) is 0 Å². The van der Waals surface area contributed by atoms with Crippen LogP contribution in [0, 0.1) is 0 Å². The van der Waals surface area contributed by atoms with Gasteiger partial charge in [0.1, 0.15) is 0 Å². The fraction of sp³-hybridized carbons (Fsp3) is 0.111. The lowest BCUT2D eigenvalue weighted by Crippen LogP contribution is -2.19. The van der Waals surface area contributed by atoms with Crippen molar-refractivity contribution in [2.45, 2.75) is 37.5 Å². The minimum absolute atomic E-state index is 0.216. The molecule has 8 aromatic carbocycles. The predicted molar refractivity (Wildman–Crippen MR) is 230 cm³/mol. The second-order valence-electron chi connectivity index (χ2n) is 15.6. The molecule has 0 fully saturated rings. The molecule has 1 aromatic heterocycles. The van der Waals surface area contributed by atoms with Crippen LogP contribution in [-0.4, -0.2) is 4.57 Å². The number of hydrogen-bond acceptors (Lipinski definition) is 0. The zero-order valence-electron chi connectivity index (χ0n) is 31.0. The van der Waals surface area contributed by atoms with E-state index >= 15 is 0 Å². The zero-order valence-corrected chi connectivity index (χ0v) is 31.0. The lowest BCUT2D eigenvalue weighted by molar-refractivity contribution is 0.646. The maximum absolute atomic E-state index is 2.50. The highest BCUT2D eigenvalue weighted by Gasteiger charge is 2.39. The molecular formula is C54H41N. The van der Waals surface area contributed by atoms with E-state index in [-0.39, 0.29) is 5.92 Å². The molecule has 1 heterocycles. The van der Waals surface area contributed by atoms with Crippen LogP contribution >= 0.6 is 0 Å². The largest absolute Gasteiger partial charge is 0.309 e. The Bertz CT molecular complexity index is 2900. The first-order valence-corrected chi connectivity index (χ1v) is 19.8. The van der Waals surface area contributed by atoms with Crippen molar-refractivity contribution >= 4 is 21.8 Å². The maximum Gasteiger partial charge on any atom is 0.0544 e. The number of rotatable bonds is 6. The lowest BCUT2D eigenvalue weighted by Gasteiger charge is -2.36. The summed E-state index contributed by atoms with van der Waals surface area (Å²) >= 11 is 0. The van der Waals surface area contributed by atoms with E-state index in [1.165, 1.54) is 94.3 Å². The molecule has 11 rings (SSSR count). The summed E-state index contributed by atoms with van der Waals surface area (Å²) in [5.41, 5.74) is 20.6. The van der Waals surface area contributed by atoms with Gasteiger partial charge in [-0.3, -0.25) is 0 Å². The number of aromatic nitrogens is 1. The monoisotopic (exact) mass is 703 g/mol. The summed E-state index contributed by atoms with van der Waals surface area (Å²) in [5, 5.41) is 2.59. The summed E-state index contributed by atoms with van der Waals surface area (Å²) < 4.78 is 2.46. The third-order valence-corrected chi connectivity index (χ3v) is 12.6. The first kappa shape index (κ1) is 32.0. The molecule has 2 unspecified atom stereocenters. The summed E-state index contributed by atoms with van der Waals surface area (Å²) in [7, 11) is 0. The zero-order chi connectivity index (χ0) is 36.5. The summed E-state index contributed by atoms with van der Waals surface area (Å²) in [4.78, 5) is 0. The molecule has 0 bridgehead atoms. The smallest absolute Gasteiger partial charge is 0.0544 e. The molecule has 3 atom stereocenters. The molecule has 0 saturated heterocycles. The molecule has 0 radical (unpaired) electrons. The van der Waals surface area contributed by atoms with Gasteiger partial charge in [0.25, 0.3) is 0 Å². The summed E-state index contributed by atoms with van der Waals surface area (Å²) in [5.74, 6) is 0.845. The van der Waals surface area contributed by atoms with E-state index in [9.17, 15) is 0 Å². The quantitative estimate of drug-likeness (QED) is 0.162. The van der Waals surface area contributed by atoms with Crippen LogP contribution in [0.1, 0.15) is 64.5 Å². The summed E-state index contributed by atoms with van der Waals surface area (Å²) in [6.07, 6.45) is 2.08. The Morgan fingerprint density at radius 3 is 2.02 bits per heavy atom. The number of nitrogens with zero attached hydrogens (tertiary/aromatic N) is 1.